The van der Waals surface area contributed by atoms with Gasteiger partial charge in [-0.2, -0.15) is 0 Å². The van der Waals surface area contributed by atoms with E-state index in [-0.39, 0.29) is 11.2 Å². The molecule has 0 saturated carbocycles. The highest BCUT2D eigenvalue weighted by atomic mass is 32.2. The second-order valence-electron chi connectivity index (χ2n) is 7.44. The lowest BCUT2D eigenvalue weighted by Crippen LogP contribution is -2.30. The van der Waals surface area contributed by atoms with Crippen molar-refractivity contribution < 1.29 is 4.79 Å². The average Bonchev–Trinajstić information content (AvgIpc) is 2.69. The quantitative estimate of drug-likeness (QED) is 0.700. The number of carbonyl (C=O) groups excluding carboxylic acids is 1. The summed E-state index contributed by atoms with van der Waals surface area (Å²) in [6, 6.07) is 17.0. The van der Waals surface area contributed by atoms with Gasteiger partial charge in [-0.3, -0.25) is 9.69 Å². The molecule has 1 heterocycles. The Kier molecular flexibility index (Phi) is 7.36. The van der Waals surface area contributed by atoms with Crippen LogP contribution in [0.5, 0.6) is 0 Å². The van der Waals surface area contributed by atoms with Gasteiger partial charge in [0.2, 0.25) is 5.91 Å². The van der Waals surface area contributed by atoms with Gasteiger partial charge in [0.25, 0.3) is 0 Å². The zero-order valence-corrected chi connectivity index (χ0v) is 17.2. The molecule has 1 N–H and O–H groups in total. The second-order valence-corrected chi connectivity index (χ2v) is 8.86. The van der Waals surface area contributed by atoms with E-state index in [2.05, 4.69) is 65.7 Å². The monoisotopic (exact) mass is 382 g/mol. The van der Waals surface area contributed by atoms with E-state index in [4.69, 9.17) is 0 Å². The Balaban J connectivity index is 1.44. The normalized spacial score (nSPS) is 16.1. The van der Waals surface area contributed by atoms with Crippen LogP contribution in [0.25, 0.3) is 0 Å². The Morgan fingerprint density at radius 3 is 2.30 bits per heavy atom. The molecule has 0 aliphatic carbocycles. The number of amides is 1. The van der Waals surface area contributed by atoms with Gasteiger partial charge in [-0.25, -0.2) is 0 Å². The van der Waals surface area contributed by atoms with E-state index in [1.54, 1.807) is 11.8 Å². The van der Waals surface area contributed by atoms with Crippen LogP contribution in [0.2, 0.25) is 0 Å². The molecular formula is C23H30N2OS. The number of rotatable bonds is 7. The first kappa shape index (κ1) is 20.0. The van der Waals surface area contributed by atoms with Gasteiger partial charge in [0.05, 0.1) is 5.25 Å². The van der Waals surface area contributed by atoms with Crippen LogP contribution in [-0.4, -0.2) is 29.1 Å². The average molecular weight is 383 g/mol. The molecule has 2 aromatic carbocycles. The van der Waals surface area contributed by atoms with E-state index < -0.39 is 0 Å². The van der Waals surface area contributed by atoms with Crippen LogP contribution in [-0.2, 0) is 17.9 Å². The largest absolute Gasteiger partial charge is 0.351 e. The molecule has 0 unspecified atom stereocenters. The fourth-order valence-corrected chi connectivity index (χ4v) is 4.24. The zero-order chi connectivity index (χ0) is 19.1. The van der Waals surface area contributed by atoms with Gasteiger partial charge in [-0.05, 0) is 63.0 Å². The number of hydrogen-bond acceptors (Lipinski definition) is 3. The summed E-state index contributed by atoms with van der Waals surface area (Å²) in [5.41, 5.74) is 3.74. The topological polar surface area (TPSA) is 32.3 Å². The Morgan fingerprint density at radius 2 is 1.63 bits per heavy atom. The lowest BCUT2D eigenvalue weighted by atomic mass is 10.1. The van der Waals surface area contributed by atoms with Gasteiger partial charge >= 0.3 is 0 Å². The van der Waals surface area contributed by atoms with E-state index in [0.717, 1.165) is 17.0 Å². The molecule has 3 rings (SSSR count). The standard InChI is InChI=1S/C23H30N2OS/c1-18-6-12-22(13-7-18)27-19(2)23(26)24-16-20-8-10-21(11-9-20)17-25-14-4-3-5-15-25/h6-13,19H,3-5,14-17H2,1-2H3,(H,24,26)/t19-/m0/s1. The first-order valence-electron chi connectivity index (χ1n) is 9.91. The Morgan fingerprint density at radius 1 is 1.00 bits per heavy atom. The van der Waals surface area contributed by atoms with Crippen molar-refractivity contribution in [3.8, 4) is 0 Å². The number of aryl methyl sites for hydroxylation is 1. The van der Waals surface area contributed by atoms with Crippen molar-refractivity contribution in [3.05, 3.63) is 65.2 Å². The summed E-state index contributed by atoms with van der Waals surface area (Å²) in [4.78, 5) is 16.0. The van der Waals surface area contributed by atoms with E-state index in [1.165, 1.54) is 43.5 Å². The van der Waals surface area contributed by atoms with Crippen molar-refractivity contribution in [2.45, 2.75) is 56.3 Å². The highest BCUT2D eigenvalue weighted by Crippen LogP contribution is 2.23. The van der Waals surface area contributed by atoms with Crippen molar-refractivity contribution in [3.63, 3.8) is 0 Å². The molecule has 0 bridgehead atoms. The number of benzene rings is 2. The van der Waals surface area contributed by atoms with Crippen molar-refractivity contribution in [2.75, 3.05) is 13.1 Å². The molecule has 27 heavy (non-hydrogen) atoms. The third-order valence-corrected chi connectivity index (χ3v) is 6.16. The van der Waals surface area contributed by atoms with Crippen LogP contribution in [0, 0.1) is 6.92 Å². The van der Waals surface area contributed by atoms with Gasteiger partial charge in [0, 0.05) is 18.0 Å². The van der Waals surface area contributed by atoms with Crippen LogP contribution in [0.15, 0.2) is 53.4 Å². The summed E-state index contributed by atoms with van der Waals surface area (Å²) in [6.07, 6.45) is 4.02. The number of thioether (sulfide) groups is 1. The maximum absolute atomic E-state index is 12.4. The van der Waals surface area contributed by atoms with Crippen LogP contribution >= 0.6 is 11.8 Å². The second kappa shape index (κ2) is 9.95. The molecule has 1 aliphatic rings. The molecule has 1 fully saturated rings. The summed E-state index contributed by atoms with van der Waals surface area (Å²) in [6.45, 7) is 8.09. The summed E-state index contributed by atoms with van der Waals surface area (Å²) in [7, 11) is 0. The van der Waals surface area contributed by atoms with Gasteiger partial charge < -0.3 is 5.32 Å². The molecule has 1 saturated heterocycles. The minimum absolute atomic E-state index is 0.0815. The molecule has 4 heteroatoms. The SMILES string of the molecule is Cc1ccc(S[C@@H](C)C(=O)NCc2ccc(CN3CCCCC3)cc2)cc1. The van der Waals surface area contributed by atoms with E-state index in [0.29, 0.717) is 6.54 Å². The minimum atomic E-state index is -0.105. The number of nitrogens with one attached hydrogen (secondary N) is 1. The van der Waals surface area contributed by atoms with Gasteiger partial charge in [0.1, 0.15) is 0 Å². The highest BCUT2D eigenvalue weighted by Gasteiger charge is 2.14. The summed E-state index contributed by atoms with van der Waals surface area (Å²) < 4.78 is 0. The molecule has 1 amide bonds. The number of nitrogens with zero attached hydrogens (tertiary/aromatic N) is 1. The summed E-state index contributed by atoms with van der Waals surface area (Å²) in [5, 5.41) is 2.96. The van der Waals surface area contributed by atoms with E-state index >= 15 is 0 Å². The smallest absolute Gasteiger partial charge is 0.233 e. The molecule has 2 aromatic rings. The van der Waals surface area contributed by atoms with Crippen LogP contribution in [0.3, 0.4) is 0 Å². The fraction of sp³-hybridized carbons (Fsp3) is 0.435. The minimum Gasteiger partial charge on any atom is -0.351 e. The Labute approximate surface area is 167 Å². The van der Waals surface area contributed by atoms with Gasteiger partial charge in [-0.15, -0.1) is 11.8 Å². The highest BCUT2D eigenvalue weighted by molar-refractivity contribution is 8.00. The first-order chi connectivity index (χ1) is 13.1. The maximum atomic E-state index is 12.4. The molecular weight excluding hydrogens is 352 g/mol. The summed E-state index contributed by atoms with van der Waals surface area (Å²) >= 11 is 1.60. The molecule has 1 aliphatic heterocycles. The van der Waals surface area contributed by atoms with E-state index in [1.807, 2.05) is 6.92 Å². The predicted octanol–water partition coefficient (Wildman–Crippen LogP) is 4.78. The van der Waals surface area contributed by atoms with E-state index in [9.17, 15) is 4.79 Å². The van der Waals surface area contributed by atoms with Crippen LogP contribution in [0.4, 0.5) is 0 Å². The molecule has 0 aromatic heterocycles. The number of likely N-dealkylation sites (tertiary alicyclic amines) is 1. The first-order valence-corrected chi connectivity index (χ1v) is 10.8. The molecule has 1 atom stereocenters. The third-order valence-electron chi connectivity index (χ3n) is 5.05. The molecule has 0 spiro atoms. The van der Waals surface area contributed by atoms with Crippen LogP contribution in [0.1, 0.15) is 42.9 Å². The molecule has 0 radical (unpaired) electrons. The third kappa shape index (κ3) is 6.40. The van der Waals surface area contributed by atoms with Crippen molar-refractivity contribution in [1.29, 1.82) is 0 Å². The summed E-state index contributed by atoms with van der Waals surface area (Å²) in [5.74, 6) is 0.0815. The maximum Gasteiger partial charge on any atom is 0.233 e. The number of hydrogen-bond donors (Lipinski definition) is 1. The predicted molar refractivity (Wildman–Crippen MR) is 114 cm³/mol. The zero-order valence-electron chi connectivity index (χ0n) is 16.4. The van der Waals surface area contributed by atoms with Crippen molar-refractivity contribution in [2.24, 2.45) is 0 Å². The fourth-order valence-electron chi connectivity index (χ4n) is 3.35. The molecule has 3 nitrogen and oxygen atoms in total. The number of piperidine rings is 1. The Hall–Kier alpha value is -1.78. The molecule has 144 valence electrons. The Bertz CT molecular complexity index is 721. The van der Waals surface area contributed by atoms with Gasteiger partial charge in [0.15, 0.2) is 0 Å². The van der Waals surface area contributed by atoms with Crippen molar-refractivity contribution in [1.82, 2.24) is 10.2 Å². The number of carbonyl (C=O) groups is 1. The lowest BCUT2D eigenvalue weighted by molar-refractivity contribution is -0.120. The van der Waals surface area contributed by atoms with Crippen molar-refractivity contribution >= 4 is 17.7 Å². The van der Waals surface area contributed by atoms with Crippen LogP contribution < -0.4 is 5.32 Å². The lowest BCUT2D eigenvalue weighted by Gasteiger charge is -2.26. The van der Waals surface area contributed by atoms with Gasteiger partial charge in [-0.1, -0.05) is 48.4 Å².